The van der Waals surface area contributed by atoms with Gasteiger partial charge in [0.2, 0.25) is 5.91 Å². The molecule has 0 aliphatic heterocycles. The Kier molecular flexibility index (Phi) is 5.40. The number of carboxylic acid groups (broad SMARTS) is 1. The number of benzene rings is 2. The molecule has 6 heteroatoms. The Balaban J connectivity index is 2.04. The summed E-state index contributed by atoms with van der Waals surface area (Å²) >= 11 is 7.18. The minimum absolute atomic E-state index is 0.140. The summed E-state index contributed by atoms with van der Waals surface area (Å²) in [5.41, 5.74) is 2.14. The lowest BCUT2D eigenvalue weighted by Crippen LogP contribution is -2.28. The molecule has 132 valence electrons. The lowest BCUT2D eigenvalue weighted by atomic mass is 10.1. The number of hydrogen-bond donors (Lipinski definition) is 1. The maximum absolute atomic E-state index is 12.3. The fourth-order valence-electron chi connectivity index (χ4n) is 2.66. The molecule has 0 atom stereocenters. The second-order valence-corrected chi connectivity index (χ2v) is 7.22. The molecular formula is C20H16ClNO3S. The Bertz CT molecular complexity index is 953. The van der Waals surface area contributed by atoms with Crippen molar-refractivity contribution in [1.82, 2.24) is 0 Å². The van der Waals surface area contributed by atoms with Crippen LogP contribution in [-0.2, 0) is 11.3 Å². The molecule has 3 aromatic rings. The van der Waals surface area contributed by atoms with Crippen molar-refractivity contribution in [3.63, 3.8) is 0 Å². The van der Waals surface area contributed by atoms with E-state index in [2.05, 4.69) is 0 Å². The molecule has 0 unspecified atom stereocenters. The van der Waals surface area contributed by atoms with Gasteiger partial charge in [-0.1, -0.05) is 54.1 Å². The zero-order chi connectivity index (χ0) is 18.7. The second-order valence-electron chi connectivity index (χ2n) is 5.73. The van der Waals surface area contributed by atoms with E-state index in [-0.39, 0.29) is 17.3 Å². The van der Waals surface area contributed by atoms with Gasteiger partial charge in [-0.05, 0) is 29.3 Å². The summed E-state index contributed by atoms with van der Waals surface area (Å²) in [4.78, 5) is 26.4. The first-order chi connectivity index (χ1) is 12.5. The first kappa shape index (κ1) is 18.2. The van der Waals surface area contributed by atoms with Crippen molar-refractivity contribution in [2.24, 2.45) is 0 Å². The summed E-state index contributed by atoms with van der Waals surface area (Å²) in [6, 6.07) is 18.4. The molecule has 0 fully saturated rings. The van der Waals surface area contributed by atoms with Gasteiger partial charge in [0.05, 0.1) is 12.2 Å². The van der Waals surface area contributed by atoms with Gasteiger partial charge in [-0.2, -0.15) is 0 Å². The van der Waals surface area contributed by atoms with Crippen LogP contribution in [0.3, 0.4) is 0 Å². The molecule has 26 heavy (non-hydrogen) atoms. The molecule has 0 saturated carbocycles. The van der Waals surface area contributed by atoms with Gasteiger partial charge in [-0.3, -0.25) is 4.79 Å². The van der Waals surface area contributed by atoms with Crippen molar-refractivity contribution >= 4 is 40.5 Å². The molecule has 0 saturated heterocycles. The summed E-state index contributed by atoms with van der Waals surface area (Å²) in [5, 5.41) is 10.2. The summed E-state index contributed by atoms with van der Waals surface area (Å²) in [7, 11) is 0. The fourth-order valence-corrected chi connectivity index (χ4v) is 3.88. The van der Waals surface area contributed by atoms with Gasteiger partial charge in [0.15, 0.2) is 0 Å². The standard InChI is InChI=1S/C20H16ClNO3S/c1-13(23)22(12-14-6-5-9-16(21)10-14)17-11-18(26-19(17)20(24)25)15-7-3-2-4-8-15/h2-11H,12H2,1H3,(H,24,25). The van der Waals surface area contributed by atoms with Gasteiger partial charge < -0.3 is 10.0 Å². The van der Waals surface area contributed by atoms with Gasteiger partial charge in [-0.15, -0.1) is 11.3 Å². The molecule has 0 radical (unpaired) electrons. The quantitative estimate of drug-likeness (QED) is 0.646. The first-order valence-corrected chi connectivity index (χ1v) is 9.10. The average Bonchev–Trinajstić information content (AvgIpc) is 3.05. The number of amides is 1. The van der Waals surface area contributed by atoms with Gasteiger partial charge in [0.25, 0.3) is 0 Å². The van der Waals surface area contributed by atoms with E-state index in [9.17, 15) is 14.7 Å². The third-order valence-electron chi connectivity index (χ3n) is 3.87. The molecule has 0 spiro atoms. The van der Waals surface area contributed by atoms with Crippen LogP contribution in [-0.4, -0.2) is 17.0 Å². The third-order valence-corrected chi connectivity index (χ3v) is 5.26. The van der Waals surface area contributed by atoms with Crippen LogP contribution in [0.4, 0.5) is 5.69 Å². The Morgan fingerprint density at radius 2 is 1.81 bits per heavy atom. The monoisotopic (exact) mass is 385 g/mol. The van der Waals surface area contributed by atoms with Gasteiger partial charge >= 0.3 is 5.97 Å². The number of carboxylic acids is 1. The van der Waals surface area contributed by atoms with Gasteiger partial charge in [0, 0.05) is 16.8 Å². The number of thiophene rings is 1. The zero-order valence-corrected chi connectivity index (χ0v) is 15.6. The first-order valence-electron chi connectivity index (χ1n) is 7.91. The number of halogens is 1. The lowest BCUT2D eigenvalue weighted by molar-refractivity contribution is -0.116. The maximum atomic E-state index is 12.3. The molecule has 1 N–H and O–H groups in total. The molecule has 0 aliphatic rings. The highest BCUT2D eigenvalue weighted by Gasteiger charge is 2.23. The maximum Gasteiger partial charge on any atom is 0.348 e. The van der Waals surface area contributed by atoms with Crippen LogP contribution >= 0.6 is 22.9 Å². The molecule has 0 aliphatic carbocycles. The van der Waals surface area contributed by atoms with Crippen LogP contribution in [0, 0.1) is 0 Å². The van der Waals surface area contributed by atoms with E-state index in [0.29, 0.717) is 10.7 Å². The Morgan fingerprint density at radius 3 is 2.42 bits per heavy atom. The van der Waals surface area contributed by atoms with Crippen molar-refractivity contribution in [2.75, 3.05) is 4.90 Å². The number of carbonyl (C=O) groups excluding carboxylic acids is 1. The van der Waals surface area contributed by atoms with E-state index < -0.39 is 5.97 Å². The minimum Gasteiger partial charge on any atom is -0.477 e. The number of hydrogen-bond acceptors (Lipinski definition) is 3. The van der Waals surface area contributed by atoms with Gasteiger partial charge in [-0.25, -0.2) is 4.79 Å². The molecule has 3 rings (SSSR count). The Morgan fingerprint density at radius 1 is 1.08 bits per heavy atom. The Hall–Kier alpha value is -2.63. The zero-order valence-electron chi connectivity index (χ0n) is 14.0. The predicted molar refractivity (Wildman–Crippen MR) is 105 cm³/mol. The lowest BCUT2D eigenvalue weighted by Gasteiger charge is -2.21. The van der Waals surface area contributed by atoms with Crippen LogP contribution in [0.2, 0.25) is 5.02 Å². The predicted octanol–water partition coefficient (Wildman–Crippen LogP) is 5.32. The molecule has 1 amide bonds. The molecule has 1 aromatic heterocycles. The summed E-state index contributed by atoms with van der Waals surface area (Å²) in [6.45, 7) is 1.68. The SMILES string of the molecule is CC(=O)N(Cc1cccc(Cl)c1)c1cc(-c2ccccc2)sc1C(=O)O. The summed E-state index contributed by atoms with van der Waals surface area (Å²) in [5.74, 6) is -1.28. The number of rotatable bonds is 5. The largest absolute Gasteiger partial charge is 0.477 e. The summed E-state index contributed by atoms with van der Waals surface area (Å²) in [6.07, 6.45) is 0. The van der Waals surface area contributed by atoms with Crippen molar-refractivity contribution in [3.8, 4) is 10.4 Å². The van der Waals surface area contributed by atoms with Crippen molar-refractivity contribution < 1.29 is 14.7 Å². The van der Waals surface area contributed by atoms with E-state index in [1.807, 2.05) is 36.4 Å². The van der Waals surface area contributed by atoms with E-state index in [1.165, 1.54) is 11.8 Å². The normalized spacial score (nSPS) is 10.5. The highest BCUT2D eigenvalue weighted by atomic mass is 35.5. The van der Waals surface area contributed by atoms with Crippen molar-refractivity contribution in [2.45, 2.75) is 13.5 Å². The highest BCUT2D eigenvalue weighted by molar-refractivity contribution is 7.18. The van der Waals surface area contributed by atoms with E-state index in [0.717, 1.165) is 27.3 Å². The topological polar surface area (TPSA) is 57.6 Å². The van der Waals surface area contributed by atoms with Crippen LogP contribution in [0.5, 0.6) is 0 Å². The highest BCUT2D eigenvalue weighted by Crippen LogP contribution is 2.37. The third kappa shape index (κ3) is 3.95. The van der Waals surface area contributed by atoms with Crippen molar-refractivity contribution in [3.05, 3.63) is 76.1 Å². The van der Waals surface area contributed by atoms with Crippen LogP contribution in [0.15, 0.2) is 60.7 Å². The summed E-state index contributed by atoms with van der Waals surface area (Å²) < 4.78 is 0. The molecule has 2 aromatic carbocycles. The number of aromatic carboxylic acids is 1. The van der Waals surface area contributed by atoms with Crippen LogP contribution in [0.25, 0.3) is 10.4 Å². The van der Waals surface area contributed by atoms with E-state index in [4.69, 9.17) is 11.6 Å². The molecular weight excluding hydrogens is 370 g/mol. The number of carbonyl (C=O) groups is 2. The molecule has 1 heterocycles. The van der Waals surface area contributed by atoms with E-state index >= 15 is 0 Å². The number of nitrogens with zero attached hydrogens (tertiary/aromatic N) is 1. The second kappa shape index (κ2) is 7.72. The van der Waals surface area contributed by atoms with Gasteiger partial charge in [0.1, 0.15) is 4.88 Å². The molecule has 4 nitrogen and oxygen atoms in total. The number of anilines is 1. The van der Waals surface area contributed by atoms with E-state index in [1.54, 1.807) is 24.3 Å². The minimum atomic E-state index is -1.05. The Labute approximate surface area is 160 Å². The van der Waals surface area contributed by atoms with Crippen LogP contribution in [0.1, 0.15) is 22.2 Å². The van der Waals surface area contributed by atoms with Crippen LogP contribution < -0.4 is 4.90 Å². The fraction of sp³-hybridized carbons (Fsp3) is 0.100. The average molecular weight is 386 g/mol. The molecule has 0 bridgehead atoms. The van der Waals surface area contributed by atoms with Crippen molar-refractivity contribution in [1.29, 1.82) is 0 Å². The smallest absolute Gasteiger partial charge is 0.348 e.